The van der Waals surface area contributed by atoms with Crippen LogP contribution in [0.4, 0.5) is 8.78 Å². The molecule has 138 valence electrons. The number of benzene rings is 2. The minimum Gasteiger partial charge on any atom is -0.494 e. The molecular weight excluding hydrogens is 336 g/mol. The Hall–Kier alpha value is -2.43. The summed E-state index contributed by atoms with van der Waals surface area (Å²) in [7, 11) is 0. The van der Waals surface area contributed by atoms with Gasteiger partial charge in [-0.05, 0) is 43.5 Å². The van der Waals surface area contributed by atoms with Crippen molar-refractivity contribution in [1.82, 2.24) is 0 Å². The summed E-state index contributed by atoms with van der Waals surface area (Å²) in [5, 5.41) is 0. The number of unbranched alkanes of at least 4 members (excludes halogenated alkanes) is 1. The molecule has 0 aliphatic carbocycles. The molecule has 1 aliphatic heterocycles. The van der Waals surface area contributed by atoms with E-state index in [4.69, 9.17) is 9.47 Å². The quantitative estimate of drug-likeness (QED) is 0.678. The zero-order valence-corrected chi connectivity index (χ0v) is 15.1. The highest BCUT2D eigenvalue weighted by Crippen LogP contribution is 2.36. The maximum absolute atomic E-state index is 14.1. The molecule has 0 saturated carbocycles. The molecule has 0 radical (unpaired) electrons. The number of ether oxygens (including phenoxy) is 2. The number of halogens is 2. The Morgan fingerprint density at radius 2 is 1.85 bits per heavy atom. The summed E-state index contributed by atoms with van der Waals surface area (Å²) < 4.78 is 39.5. The second-order valence-corrected chi connectivity index (χ2v) is 6.22. The van der Waals surface area contributed by atoms with Gasteiger partial charge in [-0.1, -0.05) is 31.5 Å². The first-order chi connectivity index (χ1) is 12.7. The van der Waals surface area contributed by atoms with E-state index < -0.39 is 11.6 Å². The van der Waals surface area contributed by atoms with E-state index in [1.54, 1.807) is 0 Å². The highest BCUT2D eigenvalue weighted by atomic mass is 19.1. The van der Waals surface area contributed by atoms with Crippen LogP contribution in [0.15, 0.2) is 41.4 Å². The Balaban J connectivity index is 2.00. The van der Waals surface area contributed by atoms with Crippen LogP contribution in [0.5, 0.6) is 5.75 Å². The maximum atomic E-state index is 14.1. The minimum atomic E-state index is -0.673. The lowest BCUT2D eigenvalue weighted by molar-refractivity contribution is 0.304. The van der Waals surface area contributed by atoms with Crippen molar-refractivity contribution in [2.24, 2.45) is 4.99 Å². The van der Waals surface area contributed by atoms with Gasteiger partial charge >= 0.3 is 0 Å². The van der Waals surface area contributed by atoms with Gasteiger partial charge in [0, 0.05) is 5.56 Å². The number of hydrogen-bond acceptors (Lipinski definition) is 3. The second kappa shape index (κ2) is 8.30. The molecule has 0 fully saturated rings. The fourth-order valence-electron chi connectivity index (χ4n) is 3.19. The lowest BCUT2D eigenvalue weighted by Gasteiger charge is -2.17. The van der Waals surface area contributed by atoms with Gasteiger partial charge in [-0.25, -0.2) is 13.8 Å². The van der Waals surface area contributed by atoms with E-state index in [1.807, 2.05) is 19.1 Å². The summed E-state index contributed by atoms with van der Waals surface area (Å²) >= 11 is 0. The van der Waals surface area contributed by atoms with E-state index in [0.717, 1.165) is 36.1 Å². The van der Waals surface area contributed by atoms with Crippen molar-refractivity contribution in [3.63, 3.8) is 0 Å². The molecule has 0 N–H and O–H groups in total. The summed E-state index contributed by atoms with van der Waals surface area (Å²) in [6.45, 7) is 4.85. The molecule has 0 bridgehead atoms. The molecule has 3 nitrogen and oxygen atoms in total. The first-order valence-electron chi connectivity index (χ1n) is 9.05. The van der Waals surface area contributed by atoms with Crippen molar-refractivity contribution in [1.29, 1.82) is 0 Å². The molecule has 5 heteroatoms. The number of aliphatic imine (C=N–C) groups is 1. The normalized spacial score (nSPS) is 16.3. The molecule has 2 aromatic rings. The van der Waals surface area contributed by atoms with Crippen LogP contribution in [0.3, 0.4) is 0 Å². The number of hydrogen-bond donors (Lipinski definition) is 0. The summed E-state index contributed by atoms with van der Waals surface area (Å²) in [5.41, 5.74) is 1.89. The van der Waals surface area contributed by atoms with E-state index in [2.05, 4.69) is 18.0 Å². The lowest BCUT2D eigenvalue weighted by Crippen LogP contribution is -2.08. The van der Waals surface area contributed by atoms with Crippen molar-refractivity contribution < 1.29 is 18.3 Å². The van der Waals surface area contributed by atoms with Gasteiger partial charge in [-0.3, -0.25) is 0 Å². The number of rotatable bonds is 7. The minimum absolute atomic E-state index is 0.0124. The monoisotopic (exact) mass is 359 g/mol. The van der Waals surface area contributed by atoms with Crippen LogP contribution in [0.1, 0.15) is 49.4 Å². The van der Waals surface area contributed by atoms with Crippen LogP contribution in [-0.2, 0) is 11.2 Å². The Morgan fingerprint density at radius 3 is 2.54 bits per heavy atom. The topological polar surface area (TPSA) is 30.8 Å². The van der Waals surface area contributed by atoms with Crippen LogP contribution in [-0.4, -0.2) is 19.1 Å². The number of aryl methyl sites for hydroxylation is 1. The Bertz CT molecular complexity index is 784. The SMILES string of the molecule is CCCCc1cccc(OCC)c1C1COC(c2c(F)cccc2F)=N1. The summed E-state index contributed by atoms with van der Waals surface area (Å²) in [4.78, 5) is 4.50. The average molecular weight is 359 g/mol. The highest BCUT2D eigenvalue weighted by molar-refractivity contribution is 5.95. The second-order valence-electron chi connectivity index (χ2n) is 6.22. The molecule has 26 heavy (non-hydrogen) atoms. The van der Waals surface area contributed by atoms with E-state index in [9.17, 15) is 8.78 Å². The van der Waals surface area contributed by atoms with E-state index in [-0.39, 0.29) is 24.1 Å². The summed E-state index contributed by atoms with van der Waals surface area (Å²) in [6.07, 6.45) is 3.03. The first kappa shape index (κ1) is 18.4. The largest absolute Gasteiger partial charge is 0.494 e. The Labute approximate surface area is 152 Å². The van der Waals surface area contributed by atoms with E-state index in [0.29, 0.717) is 6.61 Å². The van der Waals surface area contributed by atoms with Crippen LogP contribution in [0, 0.1) is 11.6 Å². The fraction of sp³-hybridized carbons (Fsp3) is 0.381. The Kier molecular flexibility index (Phi) is 5.86. The van der Waals surface area contributed by atoms with Crippen molar-refractivity contribution >= 4 is 5.90 Å². The van der Waals surface area contributed by atoms with Gasteiger partial charge in [0.05, 0.1) is 6.61 Å². The van der Waals surface area contributed by atoms with Crippen molar-refractivity contribution in [2.45, 2.75) is 39.2 Å². The zero-order valence-electron chi connectivity index (χ0n) is 15.1. The molecule has 0 saturated heterocycles. The third-order valence-electron chi connectivity index (χ3n) is 4.42. The van der Waals surface area contributed by atoms with Gasteiger partial charge in [0.1, 0.15) is 35.6 Å². The highest BCUT2D eigenvalue weighted by Gasteiger charge is 2.29. The molecular formula is C21H23F2NO2. The molecule has 1 aliphatic rings. The van der Waals surface area contributed by atoms with Crippen LogP contribution >= 0.6 is 0 Å². The van der Waals surface area contributed by atoms with Crippen LogP contribution in [0.2, 0.25) is 0 Å². The molecule has 1 unspecified atom stereocenters. The van der Waals surface area contributed by atoms with Gasteiger partial charge in [0.25, 0.3) is 0 Å². The third kappa shape index (κ3) is 3.71. The Morgan fingerprint density at radius 1 is 1.12 bits per heavy atom. The fourth-order valence-corrected chi connectivity index (χ4v) is 3.19. The average Bonchev–Trinajstić information content (AvgIpc) is 3.09. The zero-order chi connectivity index (χ0) is 18.5. The lowest BCUT2D eigenvalue weighted by atomic mass is 9.96. The van der Waals surface area contributed by atoms with Crippen LogP contribution in [0.25, 0.3) is 0 Å². The first-order valence-corrected chi connectivity index (χ1v) is 9.05. The van der Waals surface area contributed by atoms with Crippen molar-refractivity contribution in [3.8, 4) is 5.75 Å². The smallest absolute Gasteiger partial charge is 0.222 e. The van der Waals surface area contributed by atoms with Gasteiger partial charge < -0.3 is 9.47 Å². The standard InChI is InChI=1S/C21H23F2NO2/c1-3-5-8-14-9-6-12-18(25-4-2)19(14)17-13-26-21(24-17)20-15(22)10-7-11-16(20)23/h6-7,9-12,17H,3-5,8,13H2,1-2H3. The molecule has 3 rings (SSSR count). The third-order valence-corrected chi connectivity index (χ3v) is 4.42. The number of nitrogens with zero attached hydrogens (tertiary/aromatic N) is 1. The van der Waals surface area contributed by atoms with E-state index in [1.165, 1.54) is 18.2 Å². The summed E-state index contributed by atoms with van der Waals surface area (Å²) in [6, 6.07) is 9.34. The molecule has 1 heterocycles. The molecule has 0 aromatic heterocycles. The van der Waals surface area contributed by atoms with Gasteiger partial charge in [0.2, 0.25) is 5.90 Å². The van der Waals surface area contributed by atoms with Gasteiger partial charge in [-0.2, -0.15) is 0 Å². The summed E-state index contributed by atoms with van der Waals surface area (Å²) in [5.74, 6) is -0.575. The molecule has 0 spiro atoms. The van der Waals surface area contributed by atoms with Crippen LogP contribution < -0.4 is 4.74 Å². The van der Waals surface area contributed by atoms with Crippen molar-refractivity contribution in [2.75, 3.05) is 13.2 Å². The van der Waals surface area contributed by atoms with Gasteiger partial charge in [-0.15, -0.1) is 0 Å². The predicted molar refractivity (Wildman–Crippen MR) is 97.8 cm³/mol. The molecule has 2 aromatic carbocycles. The van der Waals surface area contributed by atoms with Crippen molar-refractivity contribution in [3.05, 3.63) is 64.7 Å². The van der Waals surface area contributed by atoms with Gasteiger partial charge in [0.15, 0.2) is 0 Å². The maximum Gasteiger partial charge on any atom is 0.222 e. The van der Waals surface area contributed by atoms with E-state index >= 15 is 0 Å². The molecule has 1 atom stereocenters. The predicted octanol–water partition coefficient (Wildman–Crippen LogP) is 5.22. The molecule has 0 amide bonds.